The molecule has 3 aliphatic rings. The van der Waals surface area contributed by atoms with Crippen molar-refractivity contribution >= 4 is 11.7 Å². The molecule has 0 aliphatic carbocycles. The summed E-state index contributed by atoms with van der Waals surface area (Å²) < 4.78 is 11.5. The molecule has 3 saturated heterocycles. The molecule has 1 atom stereocenters. The molecular formula is C21H31N3O3. The van der Waals surface area contributed by atoms with Gasteiger partial charge in [0.05, 0.1) is 6.10 Å². The zero-order valence-corrected chi connectivity index (χ0v) is 16.0. The van der Waals surface area contributed by atoms with Crippen LogP contribution in [0.3, 0.4) is 0 Å². The Balaban J connectivity index is 1.21. The Labute approximate surface area is 161 Å². The van der Waals surface area contributed by atoms with Gasteiger partial charge in [-0.1, -0.05) is 0 Å². The van der Waals surface area contributed by atoms with Crippen molar-refractivity contribution in [3.63, 3.8) is 0 Å². The standard InChI is InChI=1S/C21H31N3O3/c25-20(22-16-21-10-3-12-24(21)13-4-11-21)23-17-6-8-18(9-7-17)27-15-19-5-1-2-14-26-19/h6-9,19H,1-5,10-16H2,(H2,22,23,25)/t19-/m1/s1. The van der Waals surface area contributed by atoms with Crippen LogP contribution in [0.5, 0.6) is 5.75 Å². The number of nitrogens with zero attached hydrogens (tertiary/aromatic N) is 1. The molecule has 3 heterocycles. The third kappa shape index (κ3) is 4.55. The van der Waals surface area contributed by atoms with Crippen LogP contribution in [0.15, 0.2) is 24.3 Å². The molecule has 6 nitrogen and oxygen atoms in total. The second-order valence-corrected chi connectivity index (χ2v) is 8.05. The summed E-state index contributed by atoms with van der Waals surface area (Å²) in [7, 11) is 0. The highest BCUT2D eigenvalue weighted by atomic mass is 16.5. The molecule has 6 heteroatoms. The van der Waals surface area contributed by atoms with Crippen LogP contribution in [0.4, 0.5) is 10.5 Å². The Morgan fingerprint density at radius 2 is 1.93 bits per heavy atom. The normalized spacial score (nSPS) is 24.4. The summed E-state index contributed by atoms with van der Waals surface area (Å²) in [4.78, 5) is 14.8. The van der Waals surface area contributed by atoms with Crippen LogP contribution in [-0.4, -0.2) is 55.4 Å². The summed E-state index contributed by atoms with van der Waals surface area (Å²) in [6.07, 6.45) is 8.52. The quantitative estimate of drug-likeness (QED) is 0.802. The molecule has 2 amide bonds. The SMILES string of the molecule is O=C(NCC12CCCN1CCC2)Nc1ccc(OC[C@H]2CCCCO2)cc1. The number of carbonyl (C=O) groups excluding carboxylic acids is 1. The highest BCUT2D eigenvalue weighted by Gasteiger charge is 2.44. The molecule has 0 radical (unpaired) electrons. The van der Waals surface area contributed by atoms with Crippen molar-refractivity contribution in [3.05, 3.63) is 24.3 Å². The lowest BCUT2D eigenvalue weighted by atomic mass is 9.94. The van der Waals surface area contributed by atoms with Gasteiger partial charge in [0.2, 0.25) is 0 Å². The third-order valence-corrected chi connectivity index (χ3v) is 6.21. The van der Waals surface area contributed by atoms with E-state index in [0.29, 0.717) is 6.61 Å². The van der Waals surface area contributed by atoms with Crippen LogP contribution in [-0.2, 0) is 4.74 Å². The number of carbonyl (C=O) groups is 1. The summed E-state index contributed by atoms with van der Waals surface area (Å²) in [5.41, 5.74) is 0.983. The highest BCUT2D eigenvalue weighted by Crippen LogP contribution is 2.38. The molecule has 0 bridgehead atoms. The number of nitrogens with one attached hydrogen (secondary N) is 2. The van der Waals surface area contributed by atoms with Crippen LogP contribution in [0, 0.1) is 0 Å². The van der Waals surface area contributed by atoms with Crippen molar-refractivity contribution in [1.82, 2.24) is 10.2 Å². The number of anilines is 1. The van der Waals surface area contributed by atoms with Crippen LogP contribution < -0.4 is 15.4 Å². The molecule has 0 aromatic heterocycles. The molecule has 2 N–H and O–H groups in total. The zero-order chi connectivity index (χ0) is 18.5. The minimum absolute atomic E-state index is 0.132. The minimum atomic E-state index is -0.132. The fraction of sp³-hybridized carbons (Fsp3) is 0.667. The number of benzene rings is 1. The molecular weight excluding hydrogens is 342 g/mol. The number of fused-ring (bicyclic) bond motifs is 1. The first-order valence-corrected chi connectivity index (χ1v) is 10.4. The Morgan fingerprint density at radius 3 is 2.63 bits per heavy atom. The maximum atomic E-state index is 12.3. The fourth-order valence-electron chi connectivity index (χ4n) is 4.70. The lowest BCUT2D eigenvalue weighted by Gasteiger charge is -2.32. The smallest absolute Gasteiger partial charge is 0.319 e. The lowest BCUT2D eigenvalue weighted by molar-refractivity contribution is -0.0110. The lowest BCUT2D eigenvalue weighted by Crippen LogP contribution is -2.49. The van der Waals surface area contributed by atoms with E-state index in [-0.39, 0.29) is 17.7 Å². The molecule has 27 heavy (non-hydrogen) atoms. The van der Waals surface area contributed by atoms with Gasteiger partial charge in [0, 0.05) is 24.4 Å². The predicted octanol–water partition coefficient (Wildman–Crippen LogP) is 3.38. The predicted molar refractivity (Wildman–Crippen MR) is 105 cm³/mol. The first-order chi connectivity index (χ1) is 13.2. The molecule has 3 aliphatic heterocycles. The summed E-state index contributed by atoms with van der Waals surface area (Å²) in [6, 6.07) is 7.42. The molecule has 1 aromatic rings. The van der Waals surface area contributed by atoms with Crippen LogP contribution >= 0.6 is 0 Å². The van der Waals surface area contributed by atoms with Crippen molar-refractivity contribution in [1.29, 1.82) is 0 Å². The van der Waals surface area contributed by atoms with Gasteiger partial charge in [0.1, 0.15) is 12.4 Å². The number of hydrogen-bond acceptors (Lipinski definition) is 4. The topological polar surface area (TPSA) is 62.8 Å². The number of amides is 2. The molecule has 1 aromatic carbocycles. The average Bonchev–Trinajstić information content (AvgIpc) is 3.27. The van der Waals surface area contributed by atoms with Crippen molar-refractivity contribution in [3.8, 4) is 5.75 Å². The maximum absolute atomic E-state index is 12.3. The third-order valence-electron chi connectivity index (χ3n) is 6.21. The number of ether oxygens (including phenoxy) is 2. The van der Waals surface area contributed by atoms with E-state index in [4.69, 9.17) is 9.47 Å². The average molecular weight is 373 g/mol. The molecule has 0 saturated carbocycles. The van der Waals surface area contributed by atoms with E-state index >= 15 is 0 Å². The molecule has 148 valence electrons. The number of urea groups is 1. The van der Waals surface area contributed by atoms with Gasteiger partial charge in [-0.25, -0.2) is 4.79 Å². The van der Waals surface area contributed by atoms with Crippen molar-refractivity contribution in [2.24, 2.45) is 0 Å². The van der Waals surface area contributed by atoms with Gasteiger partial charge in [-0.2, -0.15) is 0 Å². The Hall–Kier alpha value is -1.79. The van der Waals surface area contributed by atoms with E-state index in [0.717, 1.165) is 37.4 Å². The maximum Gasteiger partial charge on any atom is 0.319 e. The van der Waals surface area contributed by atoms with Crippen LogP contribution in [0.1, 0.15) is 44.9 Å². The van der Waals surface area contributed by atoms with Gasteiger partial charge >= 0.3 is 6.03 Å². The number of rotatable bonds is 6. The summed E-state index contributed by atoms with van der Waals surface area (Å²) in [5, 5.41) is 6.00. The van der Waals surface area contributed by atoms with Gasteiger partial charge in [0.15, 0.2) is 0 Å². The van der Waals surface area contributed by atoms with E-state index < -0.39 is 0 Å². The van der Waals surface area contributed by atoms with Crippen LogP contribution in [0.2, 0.25) is 0 Å². The first kappa shape index (κ1) is 18.6. The molecule has 3 fully saturated rings. The summed E-state index contributed by atoms with van der Waals surface area (Å²) >= 11 is 0. The highest BCUT2D eigenvalue weighted by molar-refractivity contribution is 5.89. The van der Waals surface area contributed by atoms with Gasteiger partial charge in [-0.15, -0.1) is 0 Å². The Morgan fingerprint density at radius 1 is 1.15 bits per heavy atom. The number of hydrogen-bond donors (Lipinski definition) is 2. The molecule has 0 spiro atoms. The Kier molecular flexibility index (Phi) is 5.83. The van der Waals surface area contributed by atoms with Crippen LogP contribution in [0.25, 0.3) is 0 Å². The monoisotopic (exact) mass is 373 g/mol. The zero-order valence-electron chi connectivity index (χ0n) is 16.0. The fourth-order valence-corrected chi connectivity index (χ4v) is 4.70. The molecule has 0 unspecified atom stereocenters. The van der Waals surface area contributed by atoms with Crippen molar-refractivity contribution < 1.29 is 14.3 Å². The van der Waals surface area contributed by atoms with Crippen molar-refractivity contribution in [2.75, 3.05) is 38.2 Å². The van der Waals surface area contributed by atoms with Gasteiger partial charge in [-0.3, -0.25) is 4.90 Å². The van der Waals surface area contributed by atoms with E-state index in [1.165, 1.54) is 45.2 Å². The van der Waals surface area contributed by atoms with E-state index in [1.54, 1.807) is 0 Å². The minimum Gasteiger partial charge on any atom is -0.491 e. The van der Waals surface area contributed by atoms with Gasteiger partial charge in [-0.05, 0) is 82.3 Å². The van der Waals surface area contributed by atoms with E-state index in [2.05, 4.69) is 15.5 Å². The Bertz CT molecular complexity index is 618. The first-order valence-electron chi connectivity index (χ1n) is 10.4. The van der Waals surface area contributed by atoms with E-state index in [9.17, 15) is 4.79 Å². The second-order valence-electron chi connectivity index (χ2n) is 8.05. The summed E-state index contributed by atoms with van der Waals surface area (Å²) in [5.74, 6) is 0.807. The second kappa shape index (κ2) is 8.48. The van der Waals surface area contributed by atoms with Gasteiger partial charge < -0.3 is 20.1 Å². The summed E-state index contributed by atoms with van der Waals surface area (Å²) in [6.45, 7) is 4.52. The van der Waals surface area contributed by atoms with E-state index in [1.807, 2.05) is 24.3 Å². The van der Waals surface area contributed by atoms with Gasteiger partial charge in [0.25, 0.3) is 0 Å². The largest absolute Gasteiger partial charge is 0.491 e. The van der Waals surface area contributed by atoms with Crippen molar-refractivity contribution in [2.45, 2.75) is 56.6 Å². The molecule has 4 rings (SSSR count).